The quantitative estimate of drug-likeness (QED) is 0.645. The molecule has 1 amide bonds. The number of amides is 1. The van der Waals surface area contributed by atoms with Crippen LogP contribution >= 0.6 is 11.8 Å². The normalized spacial score (nSPS) is 20.9. The molecule has 0 radical (unpaired) electrons. The third-order valence-electron chi connectivity index (χ3n) is 3.20. The molecule has 1 aliphatic rings. The number of benzene rings is 1. The molecule has 2 unspecified atom stereocenters. The van der Waals surface area contributed by atoms with Gasteiger partial charge < -0.3 is 10.4 Å². The van der Waals surface area contributed by atoms with E-state index in [-0.39, 0.29) is 11.9 Å². The third kappa shape index (κ3) is 3.87. The van der Waals surface area contributed by atoms with Crippen LogP contribution in [-0.4, -0.2) is 28.8 Å². The summed E-state index contributed by atoms with van der Waals surface area (Å²) >= 11 is 1.49. The Bertz CT molecular complexity index is 542. The van der Waals surface area contributed by atoms with Gasteiger partial charge in [0, 0.05) is 10.9 Å². The van der Waals surface area contributed by atoms with Gasteiger partial charge in [-0.3, -0.25) is 9.59 Å². The lowest BCUT2D eigenvalue weighted by molar-refractivity contribution is -0.140. The third-order valence-corrected chi connectivity index (χ3v) is 4.38. The van der Waals surface area contributed by atoms with Gasteiger partial charge in [0.25, 0.3) is 0 Å². The van der Waals surface area contributed by atoms with Crippen LogP contribution in [0.3, 0.4) is 0 Å². The first kappa shape index (κ1) is 14.7. The molecular formula is C15H17NO3S. The molecule has 2 rings (SSSR count). The van der Waals surface area contributed by atoms with Gasteiger partial charge in [-0.25, -0.2) is 0 Å². The van der Waals surface area contributed by atoms with Gasteiger partial charge in [0.1, 0.15) is 0 Å². The van der Waals surface area contributed by atoms with E-state index < -0.39 is 11.9 Å². The van der Waals surface area contributed by atoms with Crippen molar-refractivity contribution in [2.24, 2.45) is 5.92 Å². The molecule has 2 N–H and O–H groups in total. The van der Waals surface area contributed by atoms with Gasteiger partial charge in [0.05, 0.1) is 11.7 Å². The van der Waals surface area contributed by atoms with Gasteiger partial charge in [0.2, 0.25) is 5.91 Å². The van der Waals surface area contributed by atoms with E-state index in [4.69, 9.17) is 5.11 Å². The monoisotopic (exact) mass is 291 g/mol. The zero-order valence-corrected chi connectivity index (χ0v) is 12.0. The summed E-state index contributed by atoms with van der Waals surface area (Å²) in [7, 11) is 0. The van der Waals surface area contributed by atoms with Crippen molar-refractivity contribution in [2.75, 3.05) is 5.75 Å². The van der Waals surface area contributed by atoms with Crippen LogP contribution in [0.5, 0.6) is 0 Å². The SMILES string of the molecule is Cc1ccccc1SCC(=O)NC1C=CC(C(=O)O)C1. The average Bonchev–Trinajstić information content (AvgIpc) is 2.86. The van der Waals surface area contributed by atoms with Crippen molar-refractivity contribution in [3.63, 3.8) is 0 Å². The van der Waals surface area contributed by atoms with Crippen LogP contribution in [0.1, 0.15) is 12.0 Å². The van der Waals surface area contributed by atoms with Gasteiger partial charge >= 0.3 is 5.97 Å². The number of thioether (sulfide) groups is 1. The highest BCUT2D eigenvalue weighted by Crippen LogP contribution is 2.22. The summed E-state index contributed by atoms with van der Waals surface area (Å²) in [5.41, 5.74) is 1.15. The lowest BCUT2D eigenvalue weighted by Crippen LogP contribution is -2.34. The van der Waals surface area contributed by atoms with Crippen LogP contribution in [0.2, 0.25) is 0 Å². The van der Waals surface area contributed by atoms with Crippen molar-refractivity contribution >= 4 is 23.6 Å². The van der Waals surface area contributed by atoms with E-state index in [1.165, 1.54) is 11.8 Å². The number of aryl methyl sites for hydroxylation is 1. The van der Waals surface area contributed by atoms with E-state index in [2.05, 4.69) is 5.32 Å². The number of carbonyl (C=O) groups is 2. The van der Waals surface area contributed by atoms with E-state index in [1.54, 1.807) is 12.2 Å². The number of nitrogens with one attached hydrogen (secondary N) is 1. The Kier molecular flexibility index (Phi) is 4.84. The fraction of sp³-hybridized carbons (Fsp3) is 0.333. The molecule has 0 aliphatic heterocycles. The first-order valence-corrected chi connectivity index (χ1v) is 7.44. The fourth-order valence-corrected chi connectivity index (χ4v) is 2.94. The van der Waals surface area contributed by atoms with Gasteiger partial charge in [0.15, 0.2) is 0 Å². The second-order valence-corrected chi connectivity index (χ2v) is 5.81. The molecule has 0 saturated carbocycles. The lowest BCUT2D eigenvalue weighted by atomic mass is 10.1. The summed E-state index contributed by atoms with van der Waals surface area (Å²) < 4.78 is 0. The zero-order valence-electron chi connectivity index (χ0n) is 11.2. The van der Waals surface area contributed by atoms with Crippen LogP contribution < -0.4 is 5.32 Å². The van der Waals surface area contributed by atoms with Crippen LogP contribution in [0.15, 0.2) is 41.3 Å². The molecule has 0 saturated heterocycles. The van der Waals surface area contributed by atoms with Crippen LogP contribution in [0.4, 0.5) is 0 Å². The van der Waals surface area contributed by atoms with E-state index in [0.29, 0.717) is 12.2 Å². The Morgan fingerprint density at radius 2 is 2.10 bits per heavy atom. The maximum atomic E-state index is 11.8. The van der Waals surface area contributed by atoms with Crippen molar-refractivity contribution in [2.45, 2.75) is 24.3 Å². The van der Waals surface area contributed by atoms with E-state index in [1.807, 2.05) is 31.2 Å². The number of carbonyl (C=O) groups excluding carboxylic acids is 1. The second-order valence-electron chi connectivity index (χ2n) is 4.79. The Morgan fingerprint density at radius 1 is 1.35 bits per heavy atom. The summed E-state index contributed by atoms with van der Waals surface area (Å²) in [6.07, 6.45) is 3.84. The van der Waals surface area contributed by atoms with Crippen molar-refractivity contribution in [3.8, 4) is 0 Å². The van der Waals surface area contributed by atoms with Crippen molar-refractivity contribution in [3.05, 3.63) is 42.0 Å². The highest BCUT2D eigenvalue weighted by molar-refractivity contribution is 8.00. The van der Waals surface area contributed by atoms with Gasteiger partial charge in [-0.15, -0.1) is 11.8 Å². The molecule has 0 bridgehead atoms. The number of carboxylic acid groups (broad SMARTS) is 1. The minimum atomic E-state index is -0.840. The molecule has 106 valence electrons. The van der Waals surface area contributed by atoms with Crippen molar-refractivity contribution in [1.82, 2.24) is 5.32 Å². The molecule has 1 aromatic carbocycles. The summed E-state index contributed by atoms with van der Waals surface area (Å²) in [6, 6.07) is 7.75. The lowest BCUT2D eigenvalue weighted by Gasteiger charge is -2.12. The standard InChI is InChI=1S/C15H17NO3S/c1-10-4-2-3-5-13(10)20-9-14(17)16-12-7-6-11(8-12)15(18)19/h2-7,11-12H,8-9H2,1H3,(H,16,17)(H,18,19). The maximum Gasteiger partial charge on any atom is 0.310 e. The number of aliphatic carboxylic acids is 1. The van der Waals surface area contributed by atoms with Gasteiger partial charge in [-0.2, -0.15) is 0 Å². The Hall–Kier alpha value is -1.75. The first-order chi connectivity index (χ1) is 9.56. The Morgan fingerprint density at radius 3 is 2.75 bits per heavy atom. The van der Waals surface area contributed by atoms with Crippen molar-refractivity contribution < 1.29 is 14.7 Å². The van der Waals surface area contributed by atoms with E-state index >= 15 is 0 Å². The predicted octanol–water partition coefficient (Wildman–Crippen LogP) is 2.23. The molecule has 0 heterocycles. The number of hydrogen-bond donors (Lipinski definition) is 2. The summed E-state index contributed by atoms with van der Waals surface area (Å²) in [6.45, 7) is 2.01. The zero-order chi connectivity index (χ0) is 14.5. The first-order valence-electron chi connectivity index (χ1n) is 6.45. The fourth-order valence-electron chi connectivity index (χ4n) is 2.10. The molecule has 1 aromatic rings. The molecule has 0 spiro atoms. The highest BCUT2D eigenvalue weighted by Gasteiger charge is 2.25. The molecule has 0 fully saturated rings. The summed E-state index contributed by atoms with van der Waals surface area (Å²) in [5, 5.41) is 11.7. The Labute approximate surface area is 122 Å². The largest absolute Gasteiger partial charge is 0.481 e. The minimum Gasteiger partial charge on any atom is -0.481 e. The number of rotatable bonds is 5. The molecule has 5 heteroatoms. The smallest absolute Gasteiger partial charge is 0.310 e. The van der Waals surface area contributed by atoms with E-state index in [9.17, 15) is 9.59 Å². The Balaban J connectivity index is 1.78. The molecule has 20 heavy (non-hydrogen) atoms. The number of carboxylic acids is 1. The summed E-state index contributed by atoms with van der Waals surface area (Å²) in [4.78, 5) is 23.8. The average molecular weight is 291 g/mol. The topological polar surface area (TPSA) is 66.4 Å². The molecule has 4 nitrogen and oxygen atoms in total. The molecule has 2 atom stereocenters. The predicted molar refractivity (Wildman–Crippen MR) is 78.7 cm³/mol. The maximum absolute atomic E-state index is 11.8. The van der Waals surface area contributed by atoms with Gasteiger partial charge in [-0.05, 0) is 25.0 Å². The highest BCUT2D eigenvalue weighted by atomic mass is 32.2. The minimum absolute atomic E-state index is 0.0704. The molecular weight excluding hydrogens is 274 g/mol. The van der Waals surface area contributed by atoms with Crippen LogP contribution in [-0.2, 0) is 9.59 Å². The molecule has 0 aromatic heterocycles. The van der Waals surface area contributed by atoms with Crippen LogP contribution in [0.25, 0.3) is 0 Å². The van der Waals surface area contributed by atoms with Crippen molar-refractivity contribution in [1.29, 1.82) is 0 Å². The van der Waals surface area contributed by atoms with E-state index in [0.717, 1.165) is 10.5 Å². The number of hydrogen-bond acceptors (Lipinski definition) is 3. The van der Waals surface area contributed by atoms with Gasteiger partial charge in [-0.1, -0.05) is 30.4 Å². The molecule has 1 aliphatic carbocycles. The second kappa shape index (κ2) is 6.61. The summed E-state index contributed by atoms with van der Waals surface area (Å²) in [5.74, 6) is -1.05. The van der Waals surface area contributed by atoms with Crippen LogP contribution in [0, 0.1) is 12.8 Å².